The molecule has 6 heteroatoms. The van der Waals surface area contributed by atoms with E-state index in [9.17, 15) is 4.39 Å². The number of nitrogens with two attached hydrogens (primary N) is 1. The Morgan fingerprint density at radius 1 is 1.45 bits per heavy atom. The number of ether oxygens (including phenoxy) is 1. The van der Waals surface area contributed by atoms with Crippen LogP contribution in [0.5, 0.6) is 5.75 Å². The van der Waals surface area contributed by atoms with Crippen molar-refractivity contribution in [1.82, 2.24) is 10.1 Å². The van der Waals surface area contributed by atoms with Crippen LogP contribution in [0.4, 0.5) is 4.39 Å². The van der Waals surface area contributed by atoms with Crippen LogP contribution >= 0.6 is 0 Å². The molecule has 0 spiro atoms. The molecule has 5 nitrogen and oxygen atoms in total. The lowest BCUT2D eigenvalue weighted by Crippen LogP contribution is -2.48. The van der Waals surface area contributed by atoms with Crippen molar-refractivity contribution >= 4 is 0 Å². The zero-order valence-electron chi connectivity index (χ0n) is 11.2. The van der Waals surface area contributed by atoms with Gasteiger partial charge in [-0.15, -0.1) is 0 Å². The third-order valence-corrected chi connectivity index (χ3v) is 3.73. The van der Waals surface area contributed by atoms with E-state index in [0.717, 1.165) is 19.3 Å². The molecule has 1 fully saturated rings. The van der Waals surface area contributed by atoms with Crippen LogP contribution in [0.1, 0.15) is 25.2 Å². The van der Waals surface area contributed by atoms with Crippen LogP contribution < -0.4 is 10.5 Å². The van der Waals surface area contributed by atoms with Gasteiger partial charge in [-0.1, -0.05) is 5.16 Å². The van der Waals surface area contributed by atoms with Gasteiger partial charge in [-0.3, -0.25) is 0 Å². The molecular formula is C14H16FN3O2. The van der Waals surface area contributed by atoms with Crippen molar-refractivity contribution < 1.29 is 13.7 Å². The van der Waals surface area contributed by atoms with Gasteiger partial charge in [-0.25, -0.2) is 4.39 Å². The molecule has 1 aromatic carbocycles. The number of benzene rings is 1. The highest BCUT2D eigenvalue weighted by Crippen LogP contribution is 2.32. The van der Waals surface area contributed by atoms with Crippen molar-refractivity contribution in [3.8, 4) is 17.1 Å². The number of nitrogens with zero attached hydrogens (tertiary/aromatic N) is 2. The third-order valence-electron chi connectivity index (χ3n) is 3.73. The quantitative estimate of drug-likeness (QED) is 0.928. The van der Waals surface area contributed by atoms with Gasteiger partial charge in [0.2, 0.25) is 11.7 Å². The number of hydrogen-bond donors (Lipinski definition) is 1. The summed E-state index contributed by atoms with van der Waals surface area (Å²) in [7, 11) is 1.42. The van der Waals surface area contributed by atoms with Crippen LogP contribution in [0.15, 0.2) is 22.7 Å². The summed E-state index contributed by atoms with van der Waals surface area (Å²) in [5.41, 5.74) is 6.60. The summed E-state index contributed by atoms with van der Waals surface area (Å²) < 4.78 is 23.5. The van der Waals surface area contributed by atoms with Crippen molar-refractivity contribution in [2.75, 3.05) is 7.11 Å². The summed E-state index contributed by atoms with van der Waals surface area (Å²) in [6, 6.07) is 4.46. The van der Waals surface area contributed by atoms with Crippen LogP contribution in [0.3, 0.4) is 0 Å². The summed E-state index contributed by atoms with van der Waals surface area (Å²) in [5, 5.41) is 3.91. The lowest BCUT2D eigenvalue weighted by atomic mass is 9.75. The lowest BCUT2D eigenvalue weighted by molar-refractivity contribution is 0.222. The summed E-state index contributed by atoms with van der Waals surface area (Å²) in [6.07, 6.45) is 3.69. The Bertz CT molecular complexity index is 623. The predicted molar refractivity (Wildman–Crippen MR) is 70.7 cm³/mol. The second-order valence-electron chi connectivity index (χ2n) is 5.25. The average Bonchev–Trinajstić information content (AvgIpc) is 2.86. The molecule has 106 valence electrons. The van der Waals surface area contributed by atoms with E-state index in [1.165, 1.54) is 13.2 Å². The Morgan fingerprint density at radius 3 is 2.90 bits per heavy atom. The fourth-order valence-electron chi connectivity index (χ4n) is 2.35. The molecule has 2 aromatic rings. The van der Waals surface area contributed by atoms with Gasteiger partial charge in [0.1, 0.15) is 0 Å². The Hall–Kier alpha value is -1.95. The molecular weight excluding hydrogens is 261 g/mol. The van der Waals surface area contributed by atoms with Gasteiger partial charge in [-0.2, -0.15) is 4.98 Å². The summed E-state index contributed by atoms with van der Waals surface area (Å²) >= 11 is 0. The first-order valence-electron chi connectivity index (χ1n) is 6.55. The SMILES string of the molecule is COc1cc(-c2noc(CC3(N)CCC3)n2)ccc1F. The van der Waals surface area contributed by atoms with Crippen LogP contribution in [-0.2, 0) is 6.42 Å². The number of rotatable bonds is 4. The van der Waals surface area contributed by atoms with E-state index >= 15 is 0 Å². The van der Waals surface area contributed by atoms with E-state index in [1.807, 2.05) is 0 Å². The number of halogens is 1. The third kappa shape index (κ3) is 2.38. The molecule has 0 radical (unpaired) electrons. The fraction of sp³-hybridized carbons (Fsp3) is 0.429. The maximum Gasteiger partial charge on any atom is 0.228 e. The smallest absolute Gasteiger partial charge is 0.228 e. The van der Waals surface area contributed by atoms with Crippen molar-refractivity contribution in [2.45, 2.75) is 31.2 Å². The summed E-state index contributed by atoms with van der Waals surface area (Å²) in [4.78, 5) is 4.32. The van der Waals surface area contributed by atoms with Gasteiger partial charge in [0, 0.05) is 17.5 Å². The van der Waals surface area contributed by atoms with Crippen molar-refractivity contribution in [3.05, 3.63) is 29.9 Å². The fourth-order valence-corrected chi connectivity index (χ4v) is 2.35. The maximum absolute atomic E-state index is 13.4. The van der Waals surface area contributed by atoms with Gasteiger partial charge < -0.3 is 15.0 Å². The molecule has 0 atom stereocenters. The van der Waals surface area contributed by atoms with E-state index in [4.69, 9.17) is 15.0 Å². The number of hydrogen-bond acceptors (Lipinski definition) is 5. The number of methoxy groups -OCH3 is 1. The van der Waals surface area contributed by atoms with Gasteiger partial charge in [0.05, 0.1) is 7.11 Å². The highest BCUT2D eigenvalue weighted by molar-refractivity contribution is 5.57. The van der Waals surface area contributed by atoms with Gasteiger partial charge >= 0.3 is 0 Å². The first-order chi connectivity index (χ1) is 9.59. The molecule has 0 aliphatic heterocycles. The van der Waals surface area contributed by atoms with E-state index in [-0.39, 0.29) is 11.3 Å². The minimum atomic E-state index is -0.421. The minimum absolute atomic E-state index is 0.156. The molecule has 0 amide bonds. The lowest BCUT2D eigenvalue weighted by Gasteiger charge is -2.36. The first-order valence-corrected chi connectivity index (χ1v) is 6.55. The van der Waals surface area contributed by atoms with Crippen molar-refractivity contribution in [2.24, 2.45) is 5.73 Å². The van der Waals surface area contributed by atoms with Gasteiger partial charge in [-0.05, 0) is 37.5 Å². The zero-order valence-corrected chi connectivity index (χ0v) is 11.2. The predicted octanol–water partition coefficient (Wildman–Crippen LogP) is 2.31. The molecule has 0 saturated heterocycles. The van der Waals surface area contributed by atoms with Crippen LogP contribution in [0.2, 0.25) is 0 Å². The first kappa shape index (κ1) is 13.1. The Labute approximate surface area is 115 Å². The monoisotopic (exact) mass is 277 g/mol. The van der Waals surface area contributed by atoms with Crippen LogP contribution in [-0.4, -0.2) is 22.8 Å². The standard InChI is InChI=1S/C14H16FN3O2/c1-19-11-7-9(3-4-10(11)15)13-17-12(20-18-13)8-14(16)5-2-6-14/h3-4,7H,2,5-6,8,16H2,1H3. The molecule has 1 aromatic heterocycles. The largest absolute Gasteiger partial charge is 0.494 e. The highest BCUT2D eigenvalue weighted by Gasteiger charge is 2.34. The molecule has 1 aliphatic rings. The minimum Gasteiger partial charge on any atom is -0.494 e. The highest BCUT2D eigenvalue weighted by atomic mass is 19.1. The molecule has 0 unspecified atom stereocenters. The van der Waals surface area contributed by atoms with Gasteiger partial charge in [0.15, 0.2) is 11.6 Å². The van der Waals surface area contributed by atoms with Crippen LogP contribution in [0.25, 0.3) is 11.4 Å². The molecule has 1 saturated carbocycles. The van der Waals surface area contributed by atoms with Crippen molar-refractivity contribution in [1.29, 1.82) is 0 Å². The summed E-state index contributed by atoms with van der Waals surface area (Å²) in [5.74, 6) is 0.671. The molecule has 1 heterocycles. The molecule has 0 bridgehead atoms. The second kappa shape index (κ2) is 4.86. The van der Waals surface area contributed by atoms with E-state index < -0.39 is 5.82 Å². The summed E-state index contributed by atoms with van der Waals surface area (Å²) in [6.45, 7) is 0. The molecule has 3 rings (SSSR count). The zero-order chi connectivity index (χ0) is 14.2. The normalized spacial score (nSPS) is 16.8. The van der Waals surface area contributed by atoms with Crippen molar-refractivity contribution in [3.63, 3.8) is 0 Å². The van der Waals surface area contributed by atoms with Gasteiger partial charge in [0.25, 0.3) is 0 Å². The number of aromatic nitrogens is 2. The average molecular weight is 277 g/mol. The van der Waals surface area contributed by atoms with E-state index in [2.05, 4.69) is 10.1 Å². The van der Waals surface area contributed by atoms with E-state index in [1.54, 1.807) is 12.1 Å². The van der Waals surface area contributed by atoms with E-state index in [0.29, 0.717) is 23.7 Å². The Kier molecular flexibility index (Phi) is 3.17. The second-order valence-corrected chi connectivity index (χ2v) is 5.25. The topological polar surface area (TPSA) is 74.2 Å². The molecule has 2 N–H and O–H groups in total. The Morgan fingerprint density at radius 2 is 2.25 bits per heavy atom. The molecule has 1 aliphatic carbocycles. The van der Waals surface area contributed by atoms with Crippen LogP contribution in [0, 0.1) is 5.82 Å². The maximum atomic E-state index is 13.4. The Balaban J connectivity index is 1.82. The molecule has 20 heavy (non-hydrogen) atoms.